The molecule has 3 aromatic rings. The highest BCUT2D eigenvalue weighted by molar-refractivity contribution is 5.73. The van der Waals surface area contributed by atoms with Crippen molar-refractivity contribution in [1.82, 2.24) is 30.7 Å². The Labute approximate surface area is 156 Å². The Morgan fingerprint density at radius 3 is 2.78 bits per heavy atom. The highest BCUT2D eigenvalue weighted by Gasteiger charge is 2.41. The van der Waals surface area contributed by atoms with E-state index in [1.54, 1.807) is 24.7 Å². The molecule has 8 heteroatoms. The third-order valence-corrected chi connectivity index (χ3v) is 5.71. The van der Waals surface area contributed by atoms with Crippen LogP contribution in [0.4, 0.5) is 5.95 Å². The molecule has 0 bridgehead atoms. The van der Waals surface area contributed by atoms with Gasteiger partial charge in [0.25, 0.3) is 0 Å². The van der Waals surface area contributed by atoms with E-state index in [4.69, 9.17) is 0 Å². The van der Waals surface area contributed by atoms with Crippen molar-refractivity contribution in [3.8, 4) is 28.1 Å². The number of hydrogen-bond acceptors (Lipinski definition) is 7. The van der Waals surface area contributed by atoms with Crippen molar-refractivity contribution in [2.24, 2.45) is 5.41 Å². The molecule has 0 amide bonds. The molecule has 0 aliphatic carbocycles. The van der Waals surface area contributed by atoms with E-state index < -0.39 is 0 Å². The van der Waals surface area contributed by atoms with E-state index in [2.05, 4.69) is 35.6 Å². The summed E-state index contributed by atoms with van der Waals surface area (Å²) in [5.41, 5.74) is 3.34. The molecule has 0 saturated carbocycles. The zero-order chi connectivity index (χ0) is 18.3. The van der Waals surface area contributed by atoms with Gasteiger partial charge in [0.15, 0.2) is 0 Å². The first-order valence-corrected chi connectivity index (χ1v) is 9.20. The van der Waals surface area contributed by atoms with Gasteiger partial charge < -0.3 is 15.3 Å². The van der Waals surface area contributed by atoms with Gasteiger partial charge in [-0.2, -0.15) is 5.10 Å². The maximum absolute atomic E-state index is 10.4. The molecular weight excluding hydrogens is 342 g/mol. The van der Waals surface area contributed by atoms with Crippen molar-refractivity contribution in [1.29, 1.82) is 0 Å². The maximum atomic E-state index is 10.4. The molecule has 2 fully saturated rings. The molecule has 5 rings (SSSR count). The maximum Gasteiger partial charge on any atom is 0.245 e. The molecule has 3 N–H and O–H groups in total. The second kappa shape index (κ2) is 6.31. The fourth-order valence-corrected chi connectivity index (χ4v) is 4.12. The van der Waals surface area contributed by atoms with Crippen molar-refractivity contribution in [3.63, 3.8) is 0 Å². The summed E-state index contributed by atoms with van der Waals surface area (Å²) in [5.74, 6) is 0.812. The molecule has 1 aromatic carbocycles. The number of phenols is 1. The summed E-state index contributed by atoms with van der Waals surface area (Å²) in [6.45, 7) is 4.12. The van der Waals surface area contributed by atoms with Crippen molar-refractivity contribution in [2.45, 2.75) is 12.8 Å². The number of benzene rings is 1. The highest BCUT2D eigenvalue weighted by atomic mass is 16.3. The lowest BCUT2D eigenvalue weighted by Gasteiger charge is -2.22. The summed E-state index contributed by atoms with van der Waals surface area (Å²) < 4.78 is 0. The number of rotatable bonds is 3. The minimum atomic E-state index is 0.148. The molecule has 0 radical (unpaired) electrons. The second-order valence-electron chi connectivity index (χ2n) is 7.46. The first kappa shape index (κ1) is 16.2. The lowest BCUT2D eigenvalue weighted by atomic mass is 9.87. The zero-order valence-corrected chi connectivity index (χ0v) is 14.9. The molecule has 1 unspecified atom stereocenters. The van der Waals surface area contributed by atoms with Gasteiger partial charge in [-0.15, -0.1) is 10.2 Å². The first-order valence-electron chi connectivity index (χ1n) is 9.20. The lowest BCUT2D eigenvalue weighted by Crippen LogP contribution is -2.30. The molecule has 1 spiro atoms. The van der Waals surface area contributed by atoms with Crippen LogP contribution in [0.3, 0.4) is 0 Å². The van der Waals surface area contributed by atoms with Crippen LogP contribution in [0, 0.1) is 5.41 Å². The van der Waals surface area contributed by atoms with Gasteiger partial charge in [-0.3, -0.25) is 5.10 Å². The van der Waals surface area contributed by atoms with E-state index in [0.29, 0.717) is 22.6 Å². The Morgan fingerprint density at radius 1 is 1.11 bits per heavy atom. The zero-order valence-electron chi connectivity index (χ0n) is 14.9. The van der Waals surface area contributed by atoms with Crippen molar-refractivity contribution >= 4 is 5.95 Å². The van der Waals surface area contributed by atoms with Gasteiger partial charge >= 0.3 is 0 Å². The molecule has 2 saturated heterocycles. The summed E-state index contributed by atoms with van der Waals surface area (Å²) in [6.07, 6.45) is 7.57. The van der Waals surface area contributed by atoms with E-state index >= 15 is 0 Å². The molecule has 138 valence electrons. The normalized spacial score (nSPS) is 22.0. The van der Waals surface area contributed by atoms with Crippen LogP contribution in [0.2, 0.25) is 0 Å². The monoisotopic (exact) mass is 363 g/mol. The Morgan fingerprint density at radius 2 is 2.07 bits per heavy atom. The van der Waals surface area contributed by atoms with Crippen LogP contribution >= 0.6 is 0 Å². The third kappa shape index (κ3) is 2.91. The van der Waals surface area contributed by atoms with E-state index in [-0.39, 0.29) is 5.75 Å². The predicted octanol–water partition coefficient (Wildman–Crippen LogP) is 1.82. The summed E-state index contributed by atoms with van der Waals surface area (Å²) in [4.78, 5) is 6.72. The van der Waals surface area contributed by atoms with Gasteiger partial charge in [0, 0.05) is 42.4 Å². The average molecular weight is 363 g/mol. The Hall–Kier alpha value is -3.00. The van der Waals surface area contributed by atoms with Gasteiger partial charge in [-0.1, -0.05) is 6.07 Å². The largest absolute Gasteiger partial charge is 0.507 e. The minimum absolute atomic E-state index is 0.148. The van der Waals surface area contributed by atoms with E-state index in [1.165, 1.54) is 12.8 Å². The summed E-state index contributed by atoms with van der Waals surface area (Å²) in [6, 6.07) is 5.46. The number of nitrogens with one attached hydrogen (secondary N) is 2. The average Bonchev–Trinajstić information content (AvgIpc) is 3.45. The van der Waals surface area contributed by atoms with E-state index in [1.807, 2.05) is 12.1 Å². The van der Waals surface area contributed by atoms with Gasteiger partial charge in [0.2, 0.25) is 5.95 Å². The van der Waals surface area contributed by atoms with E-state index in [9.17, 15) is 5.11 Å². The first-order chi connectivity index (χ1) is 13.2. The highest BCUT2D eigenvalue weighted by Crippen LogP contribution is 2.37. The number of phenolic OH excluding ortho intramolecular Hbond substituents is 1. The van der Waals surface area contributed by atoms with Crippen molar-refractivity contribution in [3.05, 3.63) is 36.8 Å². The second-order valence-corrected chi connectivity index (χ2v) is 7.46. The number of H-pyrrole nitrogens is 1. The number of aromatic amines is 1. The molecular formula is C19H21N7O. The Balaban J connectivity index is 1.36. The quantitative estimate of drug-likeness (QED) is 0.652. The number of hydrogen-bond donors (Lipinski definition) is 3. The fourth-order valence-electron chi connectivity index (χ4n) is 4.12. The summed E-state index contributed by atoms with van der Waals surface area (Å²) >= 11 is 0. The van der Waals surface area contributed by atoms with Crippen LogP contribution in [-0.2, 0) is 0 Å². The van der Waals surface area contributed by atoms with Crippen LogP contribution < -0.4 is 10.2 Å². The van der Waals surface area contributed by atoms with Crippen LogP contribution in [0.25, 0.3) is 22.4 Å². The lowest BCUT2D eigenvalue weighted by molar-refractivity contribution is 0.369. The van der Waals surface area contributed by atoms with Crippen LogP contribution in [-0.4, -0.2) is 56.7 Å². The third-order valence-electron chi connectivity index (χ3n) is 5.71. The number of aromatic hydroxyl groups is 1. The molecule has 1 atom stereocenters. The number of nitrogens with zero attached hydrogens (tertiary/aromatic N) is 5. The molecule has 2 aromatic heterocycles. The summed E-state index contributed by atoms with van der Waals surface area (Å²) in [7, 11) is 0. The number of anilines is 1. The number of aromatic nitrogens is 5. The van der Waals surface area contributed by atoms with Crippen LogP contribution in [0.1, 0.15) is 12.8 Å². The van der Waals surface area contributed by atoms with Crippen LogP contribution in [0.15, 0.2) is 36.8 Å². The topological polar surface area (TPSA) is 103 Å². The van der Waals surface area contributed by atoms with Crippen molar-refractivity contribution < 1.29 is 5.11 Å². The molecule has 27 heavy (non-hydrogen) atoms. The summed E-state index contributed by atoms with van der Waals surface area (Å²) in [5, 5.41) is 29.2. The van der Waals surface area contributed by atoms with Gasteiger partial charge in [0.1, 0.15) is 11.4 Å². The molecule has 4 heterocycles. The standard InChI is InChI=1S/C19H21N7O/c27-17-7-13(14-8-22-23-9-14)1-2-15(17)16-10-21-18(25-24-16)26-6-4-19(12-26)3-5-20-11-19/h1-2,7-10,20,27H,3-6,11-12H2,(H,22,23). The van der Waals surface area contributed by atoms with Crippen LogP contribution in [0.5, 0.6) is 5.75 Å². The van der Waals surface area contributed by atoms with E-state index in [0.717, 1.165) is 37.3 Å². The SMILES string of the molecule is Oc1cc(-c2cn[nH]c2)ccc1-c1cnc(N2CCC3(CCNC3)C2)nn1. The smallest absolute Gasteiger partial charge is 0.245 e. The van der Waals surface area contributed by atoms with Crippen molar-refractivity contribution in [2.75, 3.05) is 31.1 Å². The molecule has 8 nitrogen and oxygen atoms in total. The molecule has 2 aliphatic heterocycles. The minimum Gasteiger partial charge on any atom is -0.507 e. The predicted molar refractivity (Wildman–Crippen MR) is 101 cm³/mol. The Kier molecular flexibility index (Phi) is 3.78. The fraction of sp³-hybridized carbons (Fsp3) is 0.368. The molecule has 2 aliphatic rings. The van der Waals surface area contributed by atoms with Gasteiger partial charge in [-0.25, -0.2) is 4.98 Å². The van der Waals surface area contributed by atoms with Gasteiger partial charge in [-0.05, 0) is 37.1 Å². The Bertz CT molecular complexity index is 933. The van der Waals surface area contributed by atoms with Gasteiger partial charge in [0.05, 0.1) is 12.4 Å².